The zero-order valence-electron chi connectivity index (χ0n) is 19.5. The van der Waals surface area contributed by atoms with Gasteiger partial charge in [0.1, 0.15) is 0 Å². The van der Waals surface area contributed by atoms with Crippen LogP contribution in [-0.4, -0.2) is 60.8 Å². The number of unbranched alkanes of at least 4 members (excludes halogenated alkanes) is 16. The van der Waals surface area contributed by atoms with Gasteiger partial charge in [0.25, 0.3) is 0 Å². The number of aliphatic carboxylic acids is 2. The van der Waals surface area contributed by atoms with Crippen molar-refractivity contribution in [2.45, 2.75) is 142 Å². The molecule has 0 spiro atoms. The molecule has 0 N–H and O–H groups in total. The molecule has 0 aromatic heterocycles. The molecule has 0 unspecified atom stereocenters. The molecule has 0 rings (SSSR count). The van der Waals surface area contributed by atoms with Crippen LogP contribution < -0.4 is 10.2 Å². The summed E-state index contributed by atoms with van der Waals surface area (Å²) in [5, 5.41) is 20.2. The normalized spacial score (nSPS) is 10.0. The molecule has 0 aliphatic carbocycles. The predicted molar refractivity (Wildman–Crippen MR) is 119 cm³/mol. The molecule has 0 fully saturated rings. The van der Waals surface area contributed by atoms with Crippen molar-refractivity contribution in [1.82, 2.24) is 0 Å². The number of carboxylic acid groups (broad SMARTS) is 2. The molecule has 0 amide bonds. The molecule has 168 valence electrons. The van der Waals surface area contributed by atoms with Crippen LogP contribution in [0.25, 0.3) is 0 Å². The molecule has 0 saturated carbocycles. The van der Waals surface area contributed by atoms with E-state index in [0.717, 1.165) is 25.7 Å². The largest absolute Gasteiger partial charge is 2.00 e. The quantitative estimate of drug-likeness (QED) is 0.163. The molecule has 0 radical (unpaired) electrons. The van der Waals surface area contributed by atoms with Crippen molar-refractivity contribution in [2.24, 2.45) is 0 Å². The van der Waals surface area contributed by atoms with E-state index in [4.69, 9.17) is 0 Å². The van der Waals surface area contributed by atoms with Crippen LogP contribution in [0.1, 0.15) is 142 Å². The summed E-state index contributed by atoms with van der Waals surface area (Å²) in [6.07, 6.45) is 22.3. The average Bonchev–Trinajstić information content (AvgIpc) is 2.65. The SMILES string of the molecule is CCCCCCCCCCCC(=O)[O-].CCCCCCCCCCCC(=O)[O-].[Ba+2]. The summed E-state index contributed by atoms with van der Waals surface area (Å²) in [6.45, 7) is 4.44. The molecule has 0 bridgehead atoms. The van der Waals surface area contributed by atoms with Gasteiger partial charge in [0.05, 0.1) is 0 Å². The van der Waals surface area contributed by atoms with E-state index in [1.165, 1.54) is 89.9 Å². The molecule has 5 heteroatoms. The molecule has 0 heterocycles. The summed E-state index contributed by atoms with van der Waals surface area (Å²) in [7, 11) is 0. The van der Waals surface area contributed by atoms with E-state index in [9.17, 15) is 19.8 Å². The Kier molecular flexibility index (Phi) is 36.1. The van der Waals surface area contributed by atoms with Gasteiger partial charge in [0.15, 0.2) is 0 Å². The van der Waals surface area contributed by atoms with Crippen molar-refractivity contribution >= 4 is 60.8 Å². The van der Waals surface area contributed by atoms with Gasteiger partial charge in [0.2, 0.25) is 0 Å². The molecular formula is C24H46BaO4. The minimum Gasteiger partial charge on any atom is -0.550 e. The first-order valence-corrected chi connectivity index (χ1v) is 11.9. The van der Waals surface area contributed by atoms with Crippen molar-refractivity contribution in [3.8, 4) is 0 Å². The Bertz CT molecular complexity index is 303. The first-order chi connectivity index (χ1) is 13.5. The number of rotatable bonds is 20. The fourth-order valence-electron chi connectivity index (χ4n) is 3.16. The third kappa shape index (κ3) is 39.5. The first kappa shape index (κ1) is 34.1. The van der Waals surface area contributed by atoms with Gasteiger partial charge in [0, 0.05) is 11.9 Å². The van der Waals surface area contributed by atoms with Gasteiger partial charge in [-0.15, -0.1) is 0 Å². The second kappa shape index (κ2) is 30.7. The summed E-state index contributed by atoms with van der Waals surface area (Å²) in [6, 6.07) is 0. The minimum atomic E-state index is -0.909. The number of carbonyl (C=O) groups is 2. The van der Waals surface area contributed by atoms with E-state index in [1.54, 1.807) is 0 Å². The Morgan fingerprint density at radius 1 is 0.448 bits per heavy atom. The van der Waals surface area contributed by atoms with E-state index in [1.807, 2.05) is 0 Å². The third-order valence-electron chi connectivity index (χ3n) is 4.97. The van der Waals surface area contributed by atoms with Gasteiger partial charge in [-0.05, 0) is 25.7 Å². The number of carbonyl (C=O) groups excluding carboxylic acids is 2. The maximum Gasteiger partial charge on any atom is 2.00 e. The van der Waals surface area contributed by atoms with Crippen molar-refractivity contribution in [1.29, 1.82) is 0 Å². The Hall–Kier alpha value is 0.511. The molecule has 29 heavy (non-hydrogen) atoms. The van der Waals surface area contributed by atoms with Crippen LogP contribution in [0, 0.1) is 0 Å². The van der Waals surface area contributed by atoms with E-state index >= 15 is 0 Å². The summed E-state index contributed by atoms with van der Waals surface area (Å²) in [5.41, 5.74) is 0. The van der Waals surface area contributed by atoms with Crippen LogP contribution in [0.15, 0.2) is 0 Å². The fraction of sp³-hybridized carbons (Fsp3) is 0.917. The van der Waals surface area contributed by atoms with E-state index < -0.39 is 11.9 Å². The maximum absolute atomic E-state index is 10.1. The van der Waals surface area contributed by atoms with Crippen molar-refractivity contribution in [2.75, 3.05) is 0 Å². The van der Waals surface area contributed by atoms with Crippen molar-refractivity contribution in [3.05, 3.63) is 0 Å². The third-order valence-corrected chi connectivity index (χ3v) is 4.97. The zero-order valence-corrected chi connectivity index (χ0v) is 23.9. The van der Waals surface area contributed by atoms with E-state index in [2.05, 4.69) is 13.8 Å². The number of carboxylic acids is 2. The average molecular weight is 536 g/mol. The van der Waals surface area contributed by atoms with Crippen LogP contribution in [0.4, 0.5) is 0 Å². The monoisotopic (exact) mass is 536 g/mol. The van der Waals surface area contributed by atoms with Gasteiger partial charge in [-0.1, -0.05) is 117 Å². The summed E-state index contributed by atoms with van der Waals surface area (Å²) < 4.78 is 0. The summed E-state index contributed by atoms with van der Waals surface area (Å²) in [5.74, 6) is -1.82. The van der Waals surface area contributed by atoms with Gasteiger partial charge < -0.3 is 19.8 Å². The molecule has 0 saturated heterocycles. The van der Waals surface area contributed by atoms with Crippen LogP contribution in [0.3, 0.4) is 0 Å². The Balaban J connectivity index is -0.000000451. The summed E-state index contributed by atoms with van der Waals surface area (Å²) >= 11 is 0. The second-order valence-corrected chi connectivity index (χ2v) is 7.90. The molecule has 0 aromatic rings. The summed E-state index contributed by atoms with van der Waals surface area (Å²) in [4.78, 5) is 20.2. The predicted octanol–water partition coefficient (Wildman–Crippen LogP) is 4.93. The number of hydrogen-bond acceptors (Lipinski definition) is 4. The molecule has 0 aromatic carbocycles. The van der Waals surface area contributed by atoms with Crippen LogP contribution >= 0.6 is 0 Å². The Morgan fingerprint density at radius 3 is 0.862 bits per heavy atom. The van der Waals surface area contributed by atoms with Crippen LogP contribution in [0.2, 0.25) is 0 Å². The fourth-order valence-corrected chi connectivity index (χ4v) is 3.16. The Morgan fingerprint density at radius 2 is 0.655 bits per heavy atom. The standard InChI is InChI=1S/2C12H24O2.Ba/c2*1-2-3-4-5-6-7-8-9-10-11-12(13)14;/h2*2-11H2,1H3,(H,13,14);/q;;+2/p-2. The van der Waals surface area contributed by atoms with E-state index in [0.29, 0.717) is 0 Å². The molecule has 0 aliphatic heterocycles. The zero-order chi connectivity index (χ0) is 21.3. The number of hydrogen-bond donors (Lipinski definition) is 0. The maximum atomic E-state index is 10.1. The Labute approximate surface area is 221 Å². The van der Waals surface area contributed by atoms with Gasteiger partial charge in [-0.25, -0.2) is 0 Å². The minimum absolute atomic E-state index is 0. The van der Waals surface area contributed by atoms with Crippen LogP contribution in [-0.2, 0) is 9.59 Å². The van der Waals surface area contributed by atoms with E-state index in [-0.39, 0.29) is 61.7 Å². The molecule has 0 aliphatic rings. The molecular weight excluding hydrogens is 490 g/mol. The molecule has 4 nitrogen and oxygen atoms in total. The molecule has 0 atom stereocenters. The first-order valence-electron chi connectivity index (χ1n) is 11.9. The van der Waals surface area contributed by atoms with Crippen LogP contribution in [0.5, 0.6) is 0 Å². The smallest absolute Gasteiger partial charge is 0.550 e. The van der Waals surface area contributed by atoms with Gasteiger partial charge in [-0.2, -0.15) is 0 Å². The van der Waals surface area contributed by atoms with Crippen molar-refractivity contribution < 1.29 is 19.8 Å². The second-order valence-electron chi connectivity index (χ2n) is 7.90. The van der Waals surface area contributed by atoms with Gasteiger partial charge >= 0.3 is 48.9 Å². The van der Waals surface area contributed by atoms with Crippen molar-refractivity contribution in [3.63, 3.8) is 0 Å². The topological polar surface area (TPSA) is 80.3 Å². The van der Waals surface area contributed by atoms with Gasteiger partial charge in [-0.3, -0.25) is 0 Å².